The van der Waals surface area contributed by atoms with Crippen LogP contribution in [0.3, 0.4) is 0 Å². The van der Waals surface area contributed by atoms with E-state index in [-0.39, 0.29) is 5.60 Å². The first kappa shape index (κ1) is 9.05. The maximum Gasteiger partial charge on any atom is 0.0658 e. The molecule has 0 aromatic rings. The van der Waals surface area contributed by atoms with E-state index in [2.05, 4.69) is 27.7 Å². The lowest BCUT2D eigenvalue weighted by atomic mass is 9.74. The molecule has 0 amide bonds. The quantitative estimate of drug-likeness (QED) is 0.610. The molecule has 1 aliphatic rings. The van der Waals surface area contributed by atoms with Gasteiger partial charge in [-0.25, -0.2) is 0 Å². The van der Waals surface area contributed by atoms with Crippen LogP contribution in [0, 0.1) is 5.92 Å². The molecule has 1 fully saturated rings. The Morgan fingerprint density at radius 3 is 2.09 bits per heavy atom. The summed E-state index contributed by atoms with van der Waals surface area (Å²) in [7, 11) is 0. The predicted molar refractivity (Wildman–Crippen MR) is 47.6 cm³/mol. The third-order valence-corrected chi connectivity index (χ3v) is 2.63. The van der Waals surface area contributed by atoms with Crippen LogP contribution in [-0.4, -0.2) is 11.7 Å². The molecular weight excluding hydrogens is 136 g/mol. The van der Waals surface area contributed by atoms with Crippen LogP contribution in [0.1, 0.15) is 47.0 Å². The van der Waals surface area contributed by atoms with Gasteiger partial charge in [-0.2, -0.15) is 0 Å². The van der Waals surface area contributed by atoms with E-state index in [4.69, 9.17) is 4.74 Å². The second kappa shape index (κ2) is 3.14. The standard InChI is InChI=1S/C10H20O/c1-8(2)11-10(3,4)9-6-5-7-9/h8-9H,5-7H2,1-4H3. The van der Waals surface area contributed by atoms with Gasteiger partial charge in [-0.1, -0.05) is 6.42 Å². The van der Waals surface area contributed by atoms with Gasteiger partial charge in [-0.05, 0) is 46.5 Å². The molecule has 0 saturated heterocycles. The molecule has 0 heterocycles. The van der Waals surface area contributed by atoms with Crippen molar-refractivity contribution in [2.24, 2.45) is 5.92 Å². The highest BCUT2D eigenvalue weighted by molar-refractivity contribution is 4.85. The van der Waals surface area contributed by atoms with Crippen LogP contribution >= 0.6 is 0 Å². The first-order valence-corrected chi connectivity index (χ1v) is 4.70. The Kier molecular flexibility index (Phi) is 2.58. The first-order valence-electron chi connectivity index (χ1n) is 4.70. The Bertz CT molecular complexity index is 123. The van der Waals surface area contributed by atoms with Gasteiger partial charge in [0.15, 0.2) is 0 Å². The molecule has 0 bridgehead atoms. The van der Waals surface area contributed by atoms with Gasteiger partial charge in [0.05, 0.1) is 11.7 Å². The molecule has 1 nitrogen and oxygen atoms in total. The van der Waals surface area contributed by atoms with Gasteiger partial charge in [0, 0.05) is 0 Å². The van der Waals surface area contributed by atoms with E-state index < -0.39 is 0 Å². The van der Waals surface area contributed by atoms with Gasteiger partial charge < -0.3 is 4.74 Å². The molecule has 0 radical (unpaired) electrons. The second-order valence-corrected chi connectivity index (χ2v) is 4.40. The van der Waals surface area contributed by atoms with Crippen molar-refractivity contribution in [3.63, 3.8) is 0 Å². The average Bonchev–Trinajstić information content (AvgIpc) is 1.50. The summed E-state index contributed by atoms with van der Waals surface area (Å²) in [6, 6.07) is 0. The summed E-state index contributed by atoms with van der Waals surface area (Å²) < 4.78 is 5.84. The normalized spacial score (nSPS) is 20.5. The summed E-state index contributed by atoms with van der Waals surface area (Å²) >= 11 is 0. The molecule has 1 rings (SSSR count). The van der Waals surface area contributed by atoms with E-state index >= 15 is 0 Å². The number of ether oxygens (including phenoxy) is 1. The lowest BCUT2D eigenvalue weighted by Crippen LogP contribution is -2.40. The largest absolute Gasteiger partial charge is 0.373 e. The lowest BCUT2D eigenvalue weighted by Gasteiger charge is -2.41. The van der Waals surface area contributed by atoms with Crippen molar-refractivity contribution < 1.29 is 4.74 Å². The van der Waals surface area contributed by atoms with Crippen molar-refractivity contribution in [1.82, 2.24) is 0 Å². The Labute approximate surface area is 70.1 Å². The maximum atomic E-state index is 5.84. The van der Waals surface area contributed by atoms with Crippen molar-refractivity contribution in [1.29, 1.82) is 0 Å². The van der Waals surface area contributed by atoms with Crippen molar-refractivity contribution in [3.8, 4) is 0 Å². The van der Waals surface area contributed by atoms with Crippen molar-refractivity contribution >= 4 is 0 Å². The van der Waals surface area contributed by atoms with Gasteiger partial charge in [0.1, 0.15) is 0 Å². The fourth-order valence-corrected chi connectivity index (χ4v) is 1.81. The minimum atomic E-state index is 0.117. The van der Waals surface area contributed by atoms with Crippen molar-refractivity contribution in [3.05, 3.63) is 0 Å². The summed E-state index contributed by atoms with van der Waals surface area (Å²) in [6.07, 6.45) is 4.49. The highest BCUT2D eigenvalue weighted by atomic mass is 16.5. The molecule has 0 aliphatic heterocycles. The molecule has 1 aliphatic carbocycles. The molecule has 1 heteroatoms. The monoisotopic (exact) mass is 156 g/mol. The van der Waals surface area contributed by atoms with E-state index in [9.17, 15) is 0 Å². The maximum absolute atomic E-state index is 5.84. The Hall–Kier alpha value is -0.0400. The first-order chi connectivity index (χ1) is 5.02. The Morgan fingerprint density at radius 2 is 1.82 bits per heavy atom. The van der Waals surface area contributed by atoms with Crippen LogP contribution in [0.4, 0.5) is 0 Å². The van der Waals surface area contributed by atoms with Crippen LogP contribution in [0.2, 0.25) is 0 Å². The average molecular weight is 156 g/mol. The third-order valence-electron chi connectivity index (χ3n) is 2.63. The van der Waals surface area contributed by atoms with Crippen LogP contribution in [0.15, 0.2) is 0 Å². The highest BCUT2D eigenvalue weighted by Crippen LogP contribution is 2.38. The Balaban J connectivity index is 2.37. The molecule has 11 heavy (non-hydrogen) atoms. The predicted octanol–water partition coefficient (Wildman–Crippen LogP) is 2.99. The number of rotatable bonds is 3. The zero-order valence-corrected chi connectivity index (χ0v) is 8.18. The third kappa shape index (κ3) is 2.19. The molecule has 0 unspecified atom stereocenters. The molecule has 0 atom stereocenters. The molecule has 1 saturated carbocycles. The van der Waals surface area contributed by atoms with Crippen LogP contribution in [-0.2, 0) is 4.74 Å². The van der Waals surface area contributed by atoms with E-state index in [0.717, 1.165) is 5.92 Å². The summed E-state index contributed by atoms with van der Waals surface area (Å²) in [4.78, 5) is 0. The van der Waals surface area contributed by atoms with Gasteiger partial charge in [0.2, 0.25) is 0 Å². The SMILES string of the molecule is CC(C)OC(C)(C)C1CCC1. The van der Waals surface area contributed by atoms with Gasteiger partial charge in [0.25, 0.3) is 0 Å². The minimum Gasteiger partial charge on any atom is -0.373 e. The van der Waals surface area contributed by atoms with Gasteiger partial charge >= 0.3 is 0 Å². The molecule has 0 N–H and O–H groups in total. The van der Waals surface area contributed by atoms with Crippen molar-refractivity contribution in [2.45, 2.75) is 58.7 Å². The number of hydrogen-bond acceptors (Lipinski definition) is 1. The van der Waals surface area contributed by atoms with E-state index in [0.29, 0.717) is 6.10 Å². The zero-order chi connectivity index (χ0) is 8.48. The number of hydrogen-bond donors (Lipinski definition) is 0. The lowest BCUT2D eigenvalue weighted by molar-refractivity contribution is -0.111. The van der Waals surface area contributed by atoms with Crippen LogP contribution in [0.25, 0.3) is 0 Å². The topological polar surface area (TPSA) is 9.23 Å². The van der Waals surface area contributed by atoms with Crippen LogP contribution in [0.5, 0.6) is 0 Å². The summed E-state index contributed by atoms with van der Waals surface area (Å²) in [6.45, 7) is 8.66. The fraction of sp³-hybridized carbons (Fsp3) is 1.00. The van der Waals surface area contributed by atoms with Gasteiger partial charge in [-0.3, -0.25) is 0 Å². The smallest absolute Gasteiger partial charge is 0.0658 e. The van der Waals surface area contributed by atoms with Gasteiger partial charge in [-0.15, -0.1) is 0 Å². The van der Waals surface area contributed by atoms with E-state index in [1.807, 2.05) is 0 Å². The molecule has 0 aromatic heterocycles. The molecule has 0 aromatic carbocycles. The fourth-order valence-electron chi connectivity index (χ4n) is 1.81. The highest BCUT2D eigenvalue weighted by Gasteiger charge is 2.35. The second-order valence-electron chi connectivity index (χ2n) is 4.40. The summed E-state index contributed by atoms with van der Waals surface area (Å²) in [5, 5.41) is 0. The zero-order valence-electron chi connectivity index (χ0n) is 8.18. The Morgan fingerprint density at radius 1 is 1.27 bits per heavy atom. The van der Waals surface area contributed by atoms with E-state index in [1.165, 1.54) is 19.3 Å². The van der Waals surface area contributed by atoms with Crippen molar-refractivity contribution in [2.75, 3.05) is 0 Å². The molecular formula is C10H20O. The van der Waals surface area contributed by atoms with Crippen LogP contribution < -0.4 is 0 Å². The molecule has 0 spiro atoms. The minimum absolute atomic E-state index is 0.117. The molecule has 66 valence electrons. The van der Waals surface area contributed by atoms with E-state index in [1.54, 1.807) is 0 Å². The summed E-state index contributed by atoms with van der Waals surface area (Å²) in [5.41, 5.74) is 0.117. The summed E-state index contributed by atoms with van der Waals surface area (Å²) in [5.74, 6) is 0.810.